The molecule has 132 valence electrons. The van der Waals surface area contributed by atoms with E-state index in [-0.39, 0.29) is 10.7 Å². The number of aryl methyl sites for hydroxylation is 1. The van der Waals surface area contributed by atoms with Crippen molar-refractivity contribution in [1.82, 2.24) is 9.71 Å². The van der Waals surface area contributed by atoms with E-state index in [0.717, 1.165) is 18.6 Å². The summed E-state index contributed by atoms with van der Waals surface area (Å²) in [5.41, 5.74) is 0.222. The van der Waals surface area contributed by atoms with Gasteiger partial charge in [-0.25, -0.2) is 13.2 Å². The predicted octanol–water partition coefficient (Wildman–Crippen LogP) is 0.437. The van der Waals surface area contributed by atoms with Crippen LogP contribution in [0.2, 0.25) is 0 Å². The first-order valence-electron chi connectivity index (χ1n) is 7.08. The maximum absolute atomic E-state index is 12.7. The standard InChI is InChI=1S/C15H16N4O5S/c1-9-4-6-12(7-5-9)25(22,23)14-8-13(17-10(2)20)19(15(16)18-14)24-11(3)21/h4-8,16H,1-3H3,(H,17,20). The molecule has 10 heteroatoms. The Morgan fingerprint density at radius 2 is 1.80 bits per heavy atom. The van der Waals surface area contributed by atoms with Crippen molar-refractivity contribution in [3.8, 4) is 0 Å². The van der Waals surface area contributed by atoms with Gasteiger partial charge in [-0.3, -0.25) is 10.2 Å². The first-order chi connectivity index (χ1) is 11.6. The summed E-state index contributed by atoms with van der Waals surface area (Å²) in [4.78, 5) is 30.9. The van der Waals surface area contributed by atoms with E-state index in [2.05, 4.69) is 10.3 Å². The number of aromatic nitrogens is 2. The third kappa shape index (κ3) is 4.10. The molecule has 2 rings (SSSR count). The number of hydrogen-bond donors (Lipinski definition) is 2. The number of rotatable bonds is 4. The average molecular weight is 364 g/mol. The maximum Gasteiger partial charge on any atom is 0.330 e. The number of anilines is 1. The summed E-state index contributed by atoms with van der Waals surface area (Å²) in [6, 6.07) is 7.12. The first-order valence-corrected chi connectivity index (χ1v) is 8.56. The second-order valence-corrected chi connectivity index (χ2v) is 7.07. The zero-order chi connectivity index (χ0) is 18.8. The van der Waals surface area contributed by atoms with E-state index >= 15 is 0 Å². The van der Waals surface area contributed by atoms with Gasteiger partial charge in [0.1, 0.15) is 0 Å². The van der Waals surface area contributed by atoms with Gasteiger partial charge in [0.25, 0.3) is 5.62 Å². The molecule has 1 aromatic carbocycles. The summed E-state index contributed by atoms with van der Waals surface area (Å²) >= 11 is 0. The topological polar surface area (TPSA) is 131 Å². The summed E-state index contributed by atoms with van der Waals surface area (Å²) in [5.74, 6) is -1.50. The van der Waals surface area contributed by atoms with Gasteiger partial charge in [0.2, 0.25) is 15.7 Å². The van der Waals surface area contributed by atoms with E-state index in [1.54, 1.807) is 12.1 Å². The van der Waals surface area contributed by atoms with Crippen molar-refractivity contribution < 1.29 is 22.8 Å². The van der Waals surface area contributed by atoms with Crippen LogP contribution in [0.1, 0.15) is 19.4 Å². The minimum absolute atomic E-state index is 0.0102. The molecule has 1 aromatic heterocycles. The number of benzene rings is 1. The molecule has 0 fully saturated rings. The smallest absolute Gasteiger partial charge is 0.330 e. The SMILES string of the molecule is CC(=O)Nc1cc(S(=O)(=O)c2ccc(C)cc2)nc(=N)n1OC(C)=O. The number of carbonyl (C=O) groups is 2. The Morgan fingerprint density at radius 1 is 1.20 bits per heavy atom. The maximum atomic E-state index is 12.7. The zero-order valence-corrected chi connectivity index (χ0v) is 14.5. The molecule has 0 aliphatic carbocycles. The fourth-order valence-electron chi connectivity index (χ4n) is 1.94. The van der Waals surface area contributed by atoms with Crippen molar-refractivity contribution in [2.24, 2.45) is 0 Å². The van der Waals surface area contributed by atoms with Gasteiger partial charge in [-0.15, -0.1) is 4.73 Å². The molecule has 1 heterocycles. The van der Waals surface area contributed by atoms with Crippen molar-refractivity contribution >= 4 is 27.5 Å². The van der Waals surface area contributed by atoms with Crippen LogP contribution in [0, 0.1) is 12.3 Å². The molecule has 0 saturated carbocycles. The molecule has 2 aromatic rings. The molecule has 0 radical (unpaired) electrons. The molecule has 2 N–H and O–H groups in total. The average Bonchev–Trinajstić information content (AvgIpc) is 2.50. The van der Waals surface area contributed by atoms with Gasteiger partial charge in [-0.05, 0) is 19.1 Å². The Bertz CT molecular complexity index is 994. The molecular weight excluding hydrogens is 348 g/mol. The molecule has 25 heavy (non-hydrogen) atoms. The lowest BCUT2D eigenvalue weighted by atomic mass is 10.2. The number of carbonyl (C=O) groups excluding carboxylic acids is 2. The number of nitrogens with one attached hydrogen (secondary N) is 2. The lowest BCUT2D eigenvalue weighted by molar-refractivity contribution is -0.142. The molecular formula is C15H16N4O5S. The monoisotopic (exact) mass is 364 g/mol. The van der Waals surface area contributed by atoms with Gasteiger partial charge in [0.05, 0.1) is 4.90 Å². The van der Waals surface area contributed by atoms with Crippen molar-refractivity contribution in [3.05, 3.63) is 41.5 Å². The molecule has 0 aliphatic rings. The molecule has 0 atom stereocenters. The van der Waals surface area contributed by atoms with E-state index in [0.29, 0.717) is 4.73 Å². The van der Waals surface area contributed by atoms with E-state index in [4.69, 9.17) is 10.2 Å². The number of sulfone groups is 1. The van der Waals surface area contributed by atoms with Crippen LogP contribution in [0.3, 0.4) is 0 Å². The minimum Gasteiger partial charge on any atom is -0.332 e. The largest absolute Gasteiger partial charge is 0.332 e. The fourth-order valence-corrected chi connectivity index (χ4v) is 3.15. The molecule has 0 unspecified atom stereocenters. The van der Waals surface area contributed by atoms with Gasteiger partial charge in [0, 0.05) is 19.9 Å². The number of amides is 1. The van der Waals surface area contributed by atoms with Gasteiger partial charge < -0.3 is 10.2 Å². The van der Waals surface area contributed by atoms with Crippen LogP contribution in [0.25, 0.3) is 0 Å². The van der Waals surface area contributed by atoms with Gasteiger partial charge in [-0.2, -0.15) is 4.98 Å². The van der Waals surface area contributed by atoms with Crippen LogP contribution in [0.4, 0.5) is 5.82 Å². The van der Waals surface area contributed by atoms with Crippen LogP contribution in [-0.4, -0.2) is 30.0 Å². The van der Waals surface area contributed by atoms with E-state index in [1.165, 1.54) is 19.1 Å². The predicted molar refractivity (Wildman–Crippen MR) is 86.3 cm³/mol. The fraction of sp³-hybridized carbons (Fsp3) is 0.200. The molecule has 9 nitrogen and oxygen atoms in total. The van der Waals surface area contributed by atoms with Crippen LogP contribution in [-0.2, 0) is 19.4 Å². The normalized spacial score (nSPS) is 11.0. The highest BCUT2D eigenvalue weighted by Crippen LogP contribution is 2.20. The first kappa shape index (κ1) is 18.3. The molecule has 0 bridgehead atoms. The van der Waals surface area contributed by atoms with Crippen LogP contribution >= 0.6 is 0 Å². The van der Waals surface area contributed by atoms with Gasteiger partial charge in [0.15, 0.2) is 10.8 Å². The summed E-state index contributed by atoms with van der Waals surface area (Å²) < 4.78 is 26.0. The summed E-state index contributed by atoms with van der Waals surface area (Å²) in [6.45, 7) is 4.10. The van der Waals surface area contributed by atoms with Crippen molar-refractivity contribution in [2.75, 3.05) is 5.32 Å². The Balaban J connectivity index is 2.64. The molecule has 1 amide bonds. The highest BCUT2D eigenvalue weighted by atomic mass is 32.2. The third-order valence-electron chi connectivity index (χ3n) is 3.02. The van der Waals surface area contributed by atoms with Crippen molar-refractivity contribution in [2.45, 2.75) is 30.7 Å². The van der Waals surface area contributed by atoms with Crippen LogP contribution in [0.5, 0.6) is 0 Å². The van der Waals surface area contributed by atoms with E-state index < -0.39 is 32.4 Å². The Hall–Kier alpha value is -3.01. The number of hydrogen-bond acceptors (Lipinski definition) is 7. The third-order valence-corrected chi connectivity index (χ3v) is 4.67. The van der Waals surface area contributed by atoms with Crippen molar-refractivity contribution in [3.63, 3.8) is 0 Å². The van der Waals surface area contributed by atoms with Crippen molar-refractivity contribution in [1.29, 1.82) is 5.41 Å². The van der Waals surface area contributed by atoms with E-state index in [9.17, 15) is 18.0 Å². The van der Waals surface area contributed by atoms with Gasteiger partial charge in [-0.1, -0.05) is 17.7 Å². The molecule has 0 aliphatic heterocycles. The lowest BCUT2D eigenvalue weighted by Crippen LogP contribution is -2.35. The zero-order valence-electron chi connectivity index (χ0n) is 13.7. The Kier molecular flexibility index (Phi) is 5.02. The highest BCUT2D eigenvalue weighted by molar-refractivity contribution is 7.91. The van der Waals surface area contributed by atoms with E-state index in [1.807, 2.05) is 6.92 Å². The summed E-state index contributed by atoms with van der Waals surface area (Å²) in [7, 11) is -4.02. The van der Waals surface area contributed by atoms with Crippen LogP contribution < -0.4 is 15.8 Å². The summed E-state index contributed by atoms with van der Waals surface area (Å²) in [5, 5.41) is 9.69. The Morgan fingerprint density at radius 3 is 2.32 bits per heavy atom. The second kappa shape index (κ2) is 6.85. The molecule has 0 saturated heterocycles. The minimum atomic E-state index is -4.02. The van der Waals surface area contributed by atoms with Gasteiger partial charge >= 0.3 is 5.97 Å². The lowest BCUT2D eigenvalue weighted by Gasteiger charge is -2.13. The molecule has 0 spiro atoms. The highest BCUT2D eigenvalue weighted by Gasteiger charge is 2.22. The quantitative estimate of drug-likeness (QED) is 0.757. The second-order valence-electron chi connectivity index (χ2n) is 5.18. The summed E-state index contributed by atoms with van der Waals surface area (Å²) in [6.07, 6.45) is 0. The van der Waals surface area contributed by atoms with Crippen LogP contribution in [0.15, 0.2) is 40.3 Å². The Labute approximate surface area is 143 Å². The number of nitrogens with zero attached hydrogens (tertiary/aromatic N) is 2.